The SMILES string of the molecule is O=[N+]([O-])c1cccc([C@H]2Oc3ccc(Cl)cc3[C@@H]3CC(c4ccc5ccccc5c4)=NN23)c1. The van der Waals surface area contributed by atoms with Crippen molar-refractivity contribution in [3.63, 3.8) is 0 Å². The molecular weight excluding hydrogens is 438 g/mol. The number of nitro benzene ring substituents is 1. The Balaban J connectivity index is 1.46. The number of ether oxygens (including phenoxy) is 1. The van der Waals surface area contributed by atoms with Gasteiger partial charge >= 0.3 is 0 Å². The molecule has 0 radical (unpaired) electrons. The third kappa shape index (κ3) is 3.39. The maximum Gasteiger partial charge on any atom is 0.269 e. The third-order valence-corrected chi connectivity index (χ3v) is 6.44. The number of benzene rings is 4. The number of fused-ring (bicyclic) bond motifs is 4. The minimum atomic E-state index is -0.582. The van der Waals surface area contributed by atoms with Crippen LogP contribution < -0.4 is 4.74 Å². The van der Waals surface area contributed by atoms with E-state index in [9.17, 15) is 10.1 Å². The fourth-order valence-electron chi connectivity index (χ4n) is 4.61. The number of hydrogen-bond acceptors (Lipinski definition) is 5. The molecule has 0 spiro atoms. The van der Waals surface area contributed by atoms with Gasteiger partial charge in [0.15, 0.2) is 0 Å². The average Bonchev–Trinajstić information content (AvgIpc) is 3.29. The lowest BCUT2D eigenvalue weighted by molar-refractivity contribution is -0.385. The Morgan fingerprint density at radius 2 is 1.82 bits per heavy atom. The summed E-state index contributed by atoms with van der Waals surface area (Å²) in [5.41, 5.74) is 3.65. The zero-order valence-electron chi connectivity index (χ0n) is 17.4. The lowest BCUT2D eigenvalue weighted by Crippen LogP contribution is -2.33. The highest BCUT2D eigenvalue weighted by Gasteiger charge is 2.41. The van der Waals surface area contributed by atoms with Crippen LogP contribution >= 0.6 is 11.6 Å². The second-order valence-electron chi connectivity index (χ2n) is 8.21. The summed E-state index contributed by atoms with van der Waals surface area (Å²) in [6, 6.07) is 26.6. The van der Waals surface area contributed by atoms with Crippen molar-refractivity contribution in [2.75, 3.05) is 0 Å². The summed E-state index contributed by atoms with van der Waals surface area (Å²) in [6.07, 6.45) is 0.0991. The summed E-state index contributed by atoms with van der Waals surface area (Å²) in [5.74, 6) is 0.715. The average molecular weight is 456 g/mol. The van der Waals surface area contributed by atoms with Crippen molar-refractivity contribution >= 4 is 33.8 Å². The van der Waals surface area contributed by atoms with Gasteiger partial charge in [-0.1, -0.05) is 60.1 Å². The van der Waals surface area contributed by atoms with Crippen LogP contribution in [0.2, 0.25) is 5.02 Å². The van der Waals surface area contributed by atoms with Crippen molar-refractivity contribution < 1.29 is 9.66 Å². The minimum Gasteiger partial charge on any atom is -0.464 e. The number of hydrazone groups is 1. The molecule has 2 heterocycles. The summed E-state index contributed by atoms with van der Waals surface area (Å²) in [4.78, 5) is 11.0. The first-order chi connectivity index (χ1) is 16.1. The molecule has 0 N–H and O–H groups in total. The van der Waals surface area contributed by atoms with Crippen LogP contribution in [0.25, 0.3) is 10.8 Å². The summed E-state index contributed by atoms with van der Waals surface area (Å²) in [6.45, 7) is 0. The van der Waals surface area contributed by atoms with Crippen LogP contribution in [0.1, 0.15) is 35.4 Å². The molecule has 0 saturated carbocycles. The van der Waals surface area contributed by atoms with Gasteiger partial charge in [-0.25, -0.2) is 5.01 Å². The largest absolute Gasteiger partial charge is 0.464 e. The van der Waals surface area contributed by atoms with E-state index in [1.54, 1.807) is 18.2 Å². The second kappa shape index (κ2) is 7.60. The molecule has 33 heavy (non-hydrogen) atoms. The molecule has 6 rings (SSSR count). The Bertz CT molecular complexity index is 1450. The summed E-state index contributed by atoms with van der Waals surface area (Å²) in [5, 5.41) is 21.2. The van der Waals surface area contributed by atoms with Gasteiger partial charge in [-0.2, -0.15) is 5.10 Å². The fraction of sp³-hybridized carbons (Fsp3) is 0.115. The van der Waals surface area contributed by atoms with E-state index in [4.69, 9.17) is 21.4 Å². The Morgan fingerprint density at radius 3 is 2.67 bits per heavy atom. The van der Waals surface area contributed by atoms with E-state index in [1.807, 2.05) is 35.3 Å². The van der Waals surface area contributed by atoms with Crippen LogP contribution in [0.3, 0.4) is 0 Å². The fourth-order valence-corrected chi connectivity index (χ4v) is 4.79. The molecular formula is C26H18ClN3O3. The first kappa shape index (κ1) is 19.8. The molecule has 2 aliphatic heterocycles. The van der Waals surface area contributed by atoms with Gasteiger partial charge in [-0.15, -0.1) is 0 Å². The Morgan fingerprint density at radius 1 is 0.970 bits per heavy atom. The normalized spacial score (nSPS) is 18.9. The van der Waals surface area contributed by atoms with E-state index in [1.165, 1.54) is 11.5 Å². The minimum absolute atomic E-state index is 0.0208. The maximum absolute atomic E-state index is 11.4. The van der Waals surface area contributed by atoms with E-state index in [2.05, 4.69) is 30.3 Å². The van der Waals surface area contributed by atoms with Crippen molar-refractivity contribution in [1.82, 2.24) is 5.01 Å². The van der Waals surface area contributed by atoms with Gasteiger partial charge < -0.3 is 4.74 Å². The zero-order valence-corrected chi connectivity index (χ0v) is 18.1. The molecule has 0 aromatic heterocycles. The van der Waals surface area contributed by atoms with Gasteiger partial charge in [0, 0.05) is 34.7 Å². The van der Waals surface area contributed by atoms with Gasteiger partial charge in [0.25, 0.3) is 5.69 Å². The number of hydrogen-bond donors (Lipinski definition) is 0. The third-order valence-electron chi connectivity index (χ3n) is 6.20. The number of rotatable bonds is 3. The van der Waals surface area contributed by atoms with Crippen LogP contribution in [0, 0.1) is 10.1 Å². The highest BCUT2D eigenvalue weighted by atomic mass is 35.5. The quantitative estimate of drug-likeness (QED) is 0.256. The molecule has 2 aliphatic rings. The highest BCUT2D eigenvalue weighted by molar-refractivity contribution is 6.30. The van der Waals surface area contributed by atoms with Crippen LogP contribution in [0.15, 0.2) is 90.0 Å². The van der Waals surface area contributed by atoms with E-state index >= 15 is 0 Å². The lowest BCUT2D eigenvalue weighted by Gasteiger charge is -2.38. The van der Waals surface area contributed by atoms with Crippen molar-refractivity contribution in [2.24, 2.45) is 5.10 Å². The van der Waals surface area contributed by atoms with Crippen LogP contribution in [-0.2, 0) is 0 Å². The van der Waals surface area contributed by atoms with E-state index in [0.717, 1.165) is 22.2 Å². The molecule has 0 bridgehead atoms. The van der Waals surface area contributed by atoms with E-state index < -0.39 is 11.2 Å². The molecule has 0 saturated heterocycles. The predicted octanol–water partition coefficient (Wildman–Crippen LogP) is 6.64. The van der Waals surface area contributed by atoms with Crippen molar-refractivity contribution in [3.05, 3.63) is 117 Å². The van der Waals surface area contributed by atoms with E-state index in [-0.39, 0.29) is 11.7 Å². The standard InChI is InChI=1S/C26H18ClN3O3/c27-20-10-11-25-22(14-20)24-15-23(18-9-8-16-4-1-2-5-17(16)12-18)28-29(24)26(33-25)19-6-3-7-21(13-19)30(31)32/h1-14,24,26H,15H2/t24-,26+/m0/s1. The lowest BCUT2D eigenvalue weighted by atomic mass is 9.95. The summed E-state index contributed by atoms with van der Waals surface area (Å²) < 4.78 is 6.31. The van der Waals surface area contributed by atoms with Gasteiger partial charge in [0.2, 0.25) is 6.23 Å². The van der Waals surface area contributed by atoms with Gasteiger partial charge in [0.1, 0.15) is 5.75 Å². The summed E-state index contributed by atoms with van der Waals surface area (Å²) >= 11 is 6.31. The van der Waals surface area contributed by atoms with Gasteiger partial charge in [0.05, 0.1) is 16.7 Å². The smallest absolute Gasteiger partial charge is 0.269 e. The predicted molar refractivity (Wildman–Crippen MR) is 128 cm³/mol. The number of non-ortho nitro benzene ring substituents is 1. The topological polar surface area (TPSA) is 68.0 Å². The van der Waals surface area contributed by atoms with Crippen molar-refractivity contribution in [1.29, 1.82) is 0 Å². The maximum atomic E-state index is 11.4. The van der Waals surface area contributed by atoms with Gasteiger partial charge in [-0.3, -0.25) is 10.1 Å². The van der Waals surface area contributed by atoms with Gasteiger partial charge in [-0.05, 0) is 40.6 Å². The Labute approximate surface area is 194 Å². The number of nitrogens with zero attached hydrogens (tertiary/aromatic N) is 3. The van der Waals surface area contributed by atoms with Crippen molar-refractivity contribution in [2.45, 2.75) is 18.7 Å². The van der Waals surface area contributed by atoms with Crippen molar-refractivity contribution in [3.8, 4) is 5.75 Å². The Kier molecular flexibility index (Phi) is 4.55. The van der Waals surface area contributed by atoms with Crippen LogP contribution in [0.5, 0.6) is 5.75 Å². The van der Waals surface area contributed by atoms with Crippen LogP contribution in [0.4, 0.5) is 5.69 Å². The molecule has 0 amide bonds. The Hall–Kier alpha value is -3.90. The first-order valence-electron chi connectivity index (χ1n) is 10.6. The first-order valence-corrected chi connectivity index (χ1v) is 11.0. The molecule has 4 aromatic carbocycles. The monoisotopic (exact) mass is 455 g/mol. The molecule has 162 valence electrons. The van der Waals surface area contributed by atoms with Crippen LogP contribution in [-0.4, -0.2) is 15.6 Å². The molecule has 2 atom stereocenters. The van der Waals surface area contributed by atoms with E-state index in [0.29, 0.717) is 22.8 Å². The summed E-state index contributed by atoms with van der Waals surface area (Å²) in [7, 11) is 0. The number of halogens is 1. The molecule has 4 aromatic rings. The molecule has 0 unspecified atom stereocenters. The molecule has 6 nitrogen and oxygen atoms in total. The zero-order chi connectivity index (χ0) is 22.5. The second-order valence-corrected chi connectivity index (χ2v) is 8.65. The molecule has 0 fully saturated rings. The number of nitro groups is 1. The molecule has 7 heteroatoms. The molecule has 0 aliphatic carbocycles. The highest BCUT2D eigenvalue weighted by Crippen LogP contribution is 2.48.